The molecule has 0 bridgehead atoms. The highest BCUT2D eigenvalue weighted by Gasteiger charge is 2.29. The quantitative estimate of drug-likeness (QED) is 0.740. The highest BCUT2D eigenvalue weighted by Crippen LogP contribution is 2.19. The molecule has 0 saturated heterocycles. The smallest absolute Gasteiger partial charge is 0.328 e. The van der Waals surface area contributed by atoms with Gasteiger partial charge in [0.25, 0.3) is 0 Å². The summed E-state index contributed by atoms with van der Waals surface area (Å²) >= 11 is 0. The van der Waals surface area contributed by atoms with Crippen LogP contribution in [0.2, 0.25) is 0 Å². The number of anilines is 1. The number of benzene rings is 1. The van der Waals surface area contributed by atoms with Gasteiger partial charge in [0.2, 0.25) is 0 Å². The van der Waals surface area contributed by atoms with Gasteiger partial charge in [0, 0.05) is 12.1 Å². The molecule has 5 nitrogen and oxygen atoms in total. The molecule has 0 saturated carbocycles. The molecule has 0 aliphatic heterocycles. The summed E-state index contributed by atoms with van der Waals surface area (Å²) in [6.45, 7) is 2.38. The van der Waals surface area contributed by atoms with Crippen molar-refractivity contribution in [2.45, 2.75) is 19.4 Å². The van der Waals surface area contributed by atoms with Gasteiger partial charge >= 0.3 is 12.0 Å². The van der Waals surface area contributed by atoms with Crippen molar-refractivity contribution in [1.82, 2.24) is 5.32 Å². The molecule has 0 fully saturated rings. The molecule has 19 heavy (non-hydrogen) atoms. The van der Waals surface area contributed by atoms with Crippen molar-refractivity contribution in [3.8, 4) is 0 Å². The van der Waals surface area contributed by atoms with Crippen LogP contribution in [0.4, 0.5) is 23.7 Å². The number of hydrogen-bond acceptors (Lipinski definition) is 2. The van der Waals surface area contributed by atoms with Gasteiger partial charge in [-0.25, -0.2) is 22.8 Å². The SMILES string of the molecule is CC(C)(NC(=O)Nc1cc(F)cc(F)c1F)C(=O)O. The second-order valence-corrected chi connectivity index (χ2v) is 4.26. The summed E-state index contributed by atoms with van der Waals surface area (Å²) in [7, 11) is 0. The lowest BCUT2D eigenvalue weighted by atomic mass is 10.1. The third-order valence-corrected chi connectivity index (χ3v) is 2.20. The fourth-order valence-electron chi connectivity index (χ4n) is 1.14. The Kier molecular flexibility index (Phi) is 4.03. The Labute approximate surface area is 106 Å². The molecule has 0 radical (unpaired) electrons. The van der Waals surface area contributed by atoms with Gasteiger partial charge in [0.15, 0.2) is 11.6 Å². The molecule has 3 N–H and O–H groups in total. The van der Waals surface area contributed by atoms with Crippen molar-refractivity contribution < 1.29 is 27.9 Å². The number of urea groups is 1. The largest absolute Gasteiger partial charge is 0.480 e. The van der Waals surface area contributed by atoms with Crippen molar-refractivity contribution in [2.24, 2.45) is 0 Å². The van der Waals surface area contributed by atoms with E-state index in [4.69, 9.17) is 5.11 Å². The highest BCUT2D eigenvalue weighted by molar-refractivity contribution is 5.93. The monoisotopic (exact) mass is 276 g/mol. The molecule has 2 amide bonds. The van der Waals surface area contributed by atoms with Crippen LogP contribution in [0.5, 0.6) is 0 Å². The molecule has 104 valence electrons. The number of carboxylic acid groups (broad SMARTS) is 1. The fraction of sp³-hybridized carbons (Fsp3) is 0.273. The van der Waals surface area contributed by atoms with Crippen LogP contribution in [0, 0.1) is 17.5 Å². The van der Waals surface area contributed by atoms with E-state index in [-0.39, 0.29) is 0 Å². The van der Waals surface area contributed by atoms with E-state index in [0.29, 0.717) is 12.1 Å². The zero-order valence-corrected chi connectivity index (χ0v) is 10.1. The van der Waals surface area contributed by atoms with Crippen LogP contribution in [-0.2, 0) is 4.79 Å². The number of aliphatic carboxylic acids is 1. The summed E-state index contributed by atoms with van der Waals surface area (Å²) in [5.41, 5.74) is -2.34. The molecule has 0 atom stereocenters. The predicted octanol–water partition coefficient (Wildman–Crippen LogP) is 2.09. The number of rotatable bonds is 3. The second kappa shape index (κ2) is 5.17. The van der Waals surface area contributed by atoms with Gasteiger partial charge in [-0.15, -0.1) is 0 Å². The number of hydrogen-bond donors (Lipinski definition) is 3. The van der Waals surface area contributed by atoms with E-state index in [1.54, 1.807) is 0 Å². The van der Waals surface area contributed by atoms with Crippen LogP contribution >= 0.6 is 0 Å². The zero-order valence-electron chi connectivity index (χ0n) is 10.1. The Bertz CT molecular complexity index is 532. The molecule has 0 heterocycles. The first-order valence-corrected chi connectivity index (χ1v) is 5.10. The first kappa shape index (κ1) is 14.8. The van der Waals surface area contributed by atoms with Gasteiger partial charge in [-0.2, -0.15) is 0 Å². The molecule has 0 unspecified atom stereocenters. The van der Waals surface area contributed by atoms with Gasteiger partial charge in [-0.3, -0.25) is 0 Å². The molecule has 0 spiro atoms. The number of nitrogens with one attached hydrogen (secondary N) is 2. The van der Waals surface area contributed by atoms with E-state index in [1.165, 1.54) is 13.8 Å². The van der Waals surface area contributed by atoms with Gasteiger partial charge in [0.05, 0.1) is 5.69 Å². The van der Waals surface area contributed by atoms with Gasteiger partial charge < -0.3 is 15.7 Å². The van der Waals surface area contributed by atoms with Crippen molar-refractivity contribution >= 4 is 17.7 Å². The zero-order chi connectivity index (χ0) is 14.8. The maximum absolute atomic E-state index is 13.2. The van der Waals surface area contributed by atoms with Crippen LogP contribution in [0.1, 0.15) is 13.8 Å². The molecular weight excluding hydrogens is 265 g/mol. The molecule has 1 aromatic rings. The van der Waals surface area contributed by atoms with Crippen LogP contribution < -0.4 is 10.6 Å². The maximum Gasteiger partial charge on any atom is 0.328 e. The molecule has 0 aliphatic carbocycles. The van der Waals surface area contributed by atoms with E-state index in [0.717, 1.165) is 0 Å². The molecular formula is C11H11F3N2O3. The van der Waals surface area contributed by atoms with Crippen molar-refractivity contribution in [3.05, 3.63) is 29.6 Å². The van der Waals surface area contributed by atoms with E-state index in [2.05, 4.69) is 0 Å². The summed E-state index contributed by atoms with van der Waals surface area (Å²) < 4.78 is 39.0. The van der Waals surface area contributed by atoms with Crippen LogP contribution in [0.3, 0.4) is 0 Å². The molecule has 0 aromatic heterocycles. The number of carbonyl (C=O) groups excluding carboxylic acids is 1. The Morgan fingerprint density at radius 2 is 1.79 bits per heavy atom. The molecule has 1 aromatic carbocycles. The predicted molar refractivity (Wildman–Crippen MR) is 60.2 cm³/mol. The Morgan fingerprint density at radius 3 is 2.32 bits per heavy atom. The van der Waals surface area contributed by atoms with Crippen molar-refractivity contribution in [2.75, 3.05) is 5.32 Å². The van der Waals surface area contributed by atoms with E-state index in [1.807, 2.05) is 10.6 Å². The van der Waals surface area contributed by atoms with Gasteiger partial charge in [-0.05, 0) is 13.8 Å². The summed E-state index contributed by atoms with van der Waals surface area (Å²) in [6.07, 6.45) is 0. The van der Waals surface area contributed by atoms with Gasteiger partial charge in [-0.1, -0.05) is 0 Å². The third kappa shape index (κ3) is 3.60. The van der Waals surface area contributed by atoms with Crippen molar-refractivity contribution in [1.29, 1.82) is 0 Å². The number of amides is 2. The minimum atomic E-state index is -1.62. The normalized spacial score (nSPS) is 11.0. The molecule has 1 rings (SSSR count). The lowest BCUT2D eigenvalue weighted by molar-refractivity contribution is -0.142. The van der Waals surface area contributed by atoms with E-state index < -0.39 is 40.7 Å². The average Bonchev–Trinajstić information content (AvgIpc) is 2.24. The first-order valence-electron chi connectivity index (χ1n) is 5.10. The van der Waals surface area contributed by atoms with E-state index >= 15 is 0 Å². The lowest BCUT2D eigenvalue weighted by Gasteiger charge is -2.21. The second-order valence-electron chi connectivity index (χ2n) is 4.26. The number of carbonyl (C=O) groups is 2. The summed E-state index contributed by atoms with van der Waals surface area (Å²) in [5, 5.41) is 12.6. The molecule has 0 aliphatic rings. The summed E-state index contributed by atoms with van der Waals surface area (Å²) in [4.78, 5) is 22.2. The first-order chi connectivity index (χ1) is 8.63. The standard InChI is InChI=1S/C11H11F3N2O3/c1-11(2,9(17)18)16-10(19)15-7-4-5(12)3-6(13)8(7)14/h3-4H,1-2H3,(H,17,18)(H2,15,16,19). The highest BCUT2D eigenvalue weighted by atomic mass is 19.2. The van der Waals surface area contributed by atoms with Crippen LogP contribution in [-0.4, -0.2) is 22.6 Å². The van der Waals surface area contributed by atoms with E-state index in [9.17, 15) is 22.8 Å². The minimum Gasteiger partial charge on any atom is -0.480 e. The lowest BCUT2D eigenvalue weighted by Crippen LogP contribution is -2.51. The Hall–Kier alpha value is -2.25. The fourth-order valence-corrected chi connectivity index (χ4v) is 1.14. The van der Waals surface area contributed by atoms with Gasteiger partial charge in [0.1, 0.15) is 11.4 Å². The summed E-state index contributed by atoms with van der Waals surface area (Å²) in [5.74, 6) is -5.31. The van der Waals surface area contributed by atoms with Crippen molar-refractivity contribution in [3.63, 3.8) is 0 Å². The number of halogens is 3. The number of carboxylic acids is 1. The van der Waals surface area contributed by atoms with Crippen LogP contribution in [0.25, 0.3) is 0 Å². The minimum absolute atomic E-state index is 0.319. The molecule has 8 heteroatoms. The average molecular weight is 276 g/mol. The Morgan fingerprint density at radius 1 is 1.21 bits per heavy atom. The maximum atomic E-state index is 13.2. The third-order valence-electron chi connectivity index (χ3n) is 2.20. The van der Waals surface area contributed by atoms with Crippen LogP contribution in [0.15, 0.2) is 12.1 Å². The topological polar surface area (TPSA) is 78.4 Å². The Balaban J connectivity index is 2.87. The summed E-state index contributed by atoms with van der Waals surface area (Å²) in [6, 6.07) is -0.206.